The number of amides is 1. The summed E-state index contributed by atoms with van der Waals surface area (Å²) in [5, 5.41) is 13.5. The summed E-state index contributed by atoms with van der Waals surface area (Å²) in [5.74, 6) is 0.0631. The van der Waals surface area contributed by atoms with E-state index in [9.17, 15) is 4.79 Å². The number of hydrogen-bond acceptors (Lipinski definition) is 7. The molecule has 3 fully saturated rings. The molecule has 0 aliphatic carbocycles. The first-order valence-corrected chi connectivity index (χ1v) is 12.5. The number of hydrogen-bond donors (Lipinski definition) is 4. The summed E-state index contributed by atoms with van der Waals surface area (Å²) >= 11 is 0. The maximum Gasteiger partial charge on any atom is 0.241 e. The minimum atomic E-state index is -0.0648. The summed E-state index contributed by atoms with van der Waals surface area (Å²) < 4.78 is 5.46. The highest BCUT2D eigenvalue weighted by Gasteiger charge is 2.28. The average Bonchev–Trinajstić information content (AvgIpc) is 3.42. The van der Waals surface area contributed by atoms with E-state index in [1.807, 2.05) is 12.1 Å². The van der Waals surface area contributed by atoms with Gasteiger partial charge < -0.3 is 25.6 Å². The average molecular weight is 465 g/mol. The van der Waals surface area contributed by atoms with Gasteiger partial charge in [-0.2, -0.15) is 0 Å². The summed E-state index contributed by atoms with van der Waals surface area (Å²) in [4.78, 5) is 17.1. The molecule has 2 unspecified atom stereocenters. The summed E-state index contributed by atoms with van der Waals surface area (Å²) in [7, 11) is 2.15. The van der Waals surface area contributed by atoms with Crippen molar-refractivity contribution in [2.24, 2.45) is 0 Å². The van der Waals surface area contributed by atoms with Gasteiger partial charge in [0.1, 0.15) is 6.29 Å². The van der Waals surface area contributed by atoms with E-state index in [4.69, 9.17) is 4.74 Å². The van der Waals surface area contributed by atoms with Crippen LogP contribution in [0.15, 0.2) is 48.5 Å². The Balaban J connectivity index is 1.18. The zero-order chi connectivity index (χ0) is 23.3. The molecule has 0 saturated carbocycles. The maximum absolute atomic E-state index is 12.4. The zero-order valence-corrected chi connectivity index (χ0v) is 19.9. The molecule has 0 spiro atoms. The van der Waals surface area contributed by atoms with Crippen molar-refractivity contribution in [2.45, 2.75) is 37.6 Å². The molecule has 1 amide bonds. The molecule has 182 valence electrons. The van der Waals surface area contributed by atoms with Crippen molar-refractivity contribution >= 4 is 23.0 Å². The predicted molar refractivity (Wildman–Crippen MR) is 136 cm³/mol. The van der Waals surface area contributed by atoms with Crippen molar-refractivity contribution in [3.05, 3.63) is 54.1 Å². The molecule has 4 N–H and O–H groups in total. The first-order chi connectivity index (χ1) is 16.7. The minimum Gasteiger partial charge on any atom is -0.378 e. The van der Waals surface area contributed by atoms with Crippen LogP contribution in [-0.2, 0) is 9.53 Å². The number of nitrogens with one attached hydrogen (secondary N) is 4. The van der Waals surface area contributed by atoms with Crippen LogP contribution in [0.4, 0.5) is 17.1 Å². The van der Waals surface area contributed by atoms with Gasteiger partial charge in [-0.05, 0) is 74.8 Å². The molecule has 2 aromatic rings. The fraction of sp³-hybridized carbons (Fsp3) is 0.500. The topological polar surface area (TPSA) is 80.9 Å². The van der Waals surface area contributed by atoms with Gasteiger partial charge in [-0.15, -0.1) is 0 Å². The first-order valence-electron chi connectivity index (χ1n) is 12.5. The lowest BCUT2D eigenvalue weighted by molar-refractivity contribution is -0.117. The maximum atomic E-state index is 12.4. The van der Waals surface area contributed by atoms with E-state index >= 15 is 0 Å². The van der Waals surface area contributed by atoms with Gasteiger partial charge in [0.2, 0.25) is 5.91 Å². The standard InChI is InChI=1S/C26H36N6O2/c1-31-24(19-4-6-20(7-5-19)29-25(33)23-3-2-13-27-23)12-14-28-26(31)30-21-8-10-22(11-9-21)32-15-17-34-18-16-32/h4-11,23-24,26-28,30H,2-3,12-18H2,1H3,(H,29,33)/t23-,24?,26?/m1/s1. The lowest BCUT2D eigenvalue weighted by Crippen LogP contribution is -2.54. The highest BCUT2D eigenvalue weighted by molar-refractivity contribution is 5.95. The Morgan fingerprint density at radius 3 is 2.38 bits per heavy atom. The van der Waals surface area contributed by atoms with E-state index in [1.165, 1.54) is 11.3 Å². The monoisotopic (exact) mass is 464 g/mol. The second kappa shape index (κ2) is 10.7. The van der Waals surface area contributed by atoms with Crippen LogP contribution in [0, 0.1) is 0 Å². The molecule has 5 rings (SSSR count). The van der Waals surface area contributed by atoms with Gasteiger partial charge in [0.05, 0.1) is 19.3 Å². The van der Waals surface area contributed by atoms with Gasteiger partial charge in [-0.1, -0.05) is 12.1 Å². The molecule has 34 heavy (non-hydrogen) atoms. The Kier molecular flexibility index (Phi) is 7.30. The van der Waals surface area contributed by atoms with Crippen LogP contribution < -0.4 is 26.2 Å². The van der Waals surface area contributed by atoms with Gasteiger partial charge in [0.25, 0.3) is 0 Å². The Hall–Kier alpha value is -2.65. The highest BCUT2D eigenvalue weighted by Crippen LogP contribution is 2.29. The van der Waals surface area contributed by atoms with Crippen molar-refractivity contribution in [3.63, 3.8) is 0 Å². The first kappa shape index (κ1) is 23.1. The van der Waals surface area contributed by atoms with Crippen molar-refractivity contribution in [3.8, 4) is 0 Å². The molecule has 0 radical (unpaired) electrons. The SMILES string of the molecule is CN1C(Nc2ccc(N3CCOCC3)cc2)NCCC1c1ccc(NC(=O)[C@H]2CCCN2)cc1. The lowest BCUT2D eigenvalue weighted by Gasteiger charge is -2.41. The van der Waals surface area contributed by atoms with E-state index in [-0.39, 0.29) is 18.2 Å². The van der Waals surface area contributed by atoms with Crippen molar-refractivity contribution < 1.29 is 9.53 Å². The highest BCUT2D eigenvalue weighted by atomic mass is 16.5. The molecular weight excluding hydrogens is 428 g/mol. The number of carbonyl (C=O) groups is 1. The minimum absolute atomic E-state index is 0.0424. The zero-order valence-electron chi connectivity index (χ0n) is 19.9. The number of anilines is 3. The summed E-state index contributed by atoms with van der Waals surface area (Å²) in [6, 6.07) is 17.2. The van der Waals surface area contributed by atoms with Crippen LogP contribution in [0.5, 0.6) is 0 Å². The molecule has 3 atom stereocenters. The predicted octanol–water partition coefficient (Wildman–Crippen LogP) is 2.58. The molecular formula is C26H36N6O2. The smallest absolute Gasteiger partial charge is 0.241 e. The molecule has 3 aliphatic rings. The number of benzene rings is 2. The van der Waals surface area contributed by atoms with Gasteiger partial charge in [-0.25, -0.2) is 0 Å². The normalized spacial score (nSPS) is 25.8. The number of morpholine rings is 1. The van der Waals surface area contributed by atoms with Crippen LogP contribution in [0.2, 0.25) is 0 Å². The van der Waals surface area contributed by atoms with Crippen LogP contribution in [0.25, 0.3) is 0 Å². The molecule has 2 aromatic carbocycles. The van der Waals surface area contributed by atoms with E-state index in [1.54, 1.807) is 0 Å². The third kappa shape index (κ3) is 5.36. The lowest BCUT2D eigenvalue weighted by atomic mass is 10.00. The van der Waals surface area contributed by atoms with Gasteiger partial charge in [0.15, 0.2) is 0 Å². The van der Waals surface area contributed by atoms with E-state index in [0.717, 1.165) is 70.0 Å². The fourth-order valence-electron chi connectivity index (χ4n) is 5.11. The molecule has 3 aliphatic heterocycles. The summed E-state index contributed by atoms with van der Waals surface area (Å²) in [6.45, 7) is 5.34. The second-order valence-electron chi connectivity index (χ2n) is 9.38. The molecule has 0 aromatic heterocycles. The van der Waals surface area contributed by atoms with Gasteiger partial charge in [0, 0.05) is 42.7 Å². The van der Waals surface area contributed by atoms with Crippen LogP contribution in [-0.4, -0.2) is 69.6 Å². The van der Waals surface area contributed by atoms with E-state index < -0.39 is 0 Å². The van der Waals surface area contributed by atoms with E-state index in [0.29, 0.717) is 6.04 Å². The van der Waals surface area contributed by atoms with Gasteiger partial charge >= 0.3 is 0 Å². The molecule has 3 saturated heterocycles. The van der Waals surface area contributed by atoms with Crippen LogP contribution in [0.3, 0.4) is 0 Å². The largest absolute Gasteiger partial charge is 0.378 e. The summed E-state index contributed by atoms with van der Waals surface area (Å²) in [6.07, 6.45) is 3.05. The molecule has 0 bridgehead atoms. The number of carbonyl (C=O) groups excluding carboxylic acids is 1. The summed E-state index contributed by atoms with van der Waals surface area (Å²) in [5.41, 5.74) is 4.46. The third-order valence-corrected chi connectivity index (χ3v) is 7.14. The second-order valence-corrected chi connectivity index (χ2v) is 9.38. The van der Waals surface area contributed by atoms with Crippen molar-refractivity contribution in [1.82, 2.24) is 15.5 Å². The quantitative estimate of drug-likeness (QED) is 0.523. The Morgan fingerprint density at radius 1 is 0.941 bits per heavy atom. The number of rotatable bonds is 6. The van der Waals surface area contributed by atoms with Gasteiger partial charge in [-0.3, -0.25) is 15.0 Å². The Bertz CT molecular complexity index is 939. The fourth-order valence-corrected chi connectivity index (χ4v) is 5.11. The number of nitrogens with zero attached hydrogens (tertiary/aromatic N) is 2. The van der Waals surface area contributed by atoms with Crippen molar-refractivity contribution in [1.29, 1.82) is 0 Å². The Morgan fingerprint density at radius 2 is 1.68 bits per heavy atom. The van der Waals surface area contributed by atoms with E-state index in [2.05, 4.69) is 74.5 Å². The Labute approximate surface area is 202 Å². The number of ether oxygens (including phenoxy) is 1. The third-order valence-electron chi connectivity index (χ3n) is 7.14. The van der Waals surface area contributed by atoms with Crippen LogP contribution in [0.1, 0.15) is 30.9 Å². The molecule has 8 heteroatoms. The molecule has 3 heterocycles. The van der Waals surface area contributed by atoms with Crippen molar-refractivity contribution in [2.75, 3.05) is 62.0 Å². The molecule has 8 nitrogen and oxygen atoms in total. The van der Waals surface area contributed by atoms with Crippen LogP contribution >= 0.6 is 0 Å².